The molecule has 0 spiro atoms. The Morgan fingerprint density at radius 3 is 2.33 bits per heavy atom. The number of hydrogen-bond donors (Lipinski definition) is 0. The summed E-state index contributed by atoms with van der Waals surface area (Å²) in [7, 11) is 0. The highest BCUT2D eigenvalue weighted by Gasteiger charge is 2.31. The summed E-state index contributed by atoms with van der Waals surface area (Å²) in [4.78, 5) is 11.5. The second-order valence-electron chi connectivity index (χ2n) is 6.41. The van der Waals surface area contributed by atoms with E-state index in [4.69, 9.17) is 14.2 Å². The summed E-state index contributed by atoms with van der Waals surface area (Å²) in [5, 5.41) is 0. The highest BCUT2D eigenvalue weighted by atomic mass is 16.6. The van der Waals surface area contributed by atoms with Gasteiger partial charge in [-0.05, 0) is 39.2 Å². The Bertz CT molecular complexity index is 444. The van der Waals surface area contributed by atoms with Crippen molar-refractivity contribution in [2.45, 2.75) is 58.0 Å². The largest absolute Gasteiger partial charge is 0.458 e. The molecule has 1 aromatic rings. The number of esters is 1. The van der Waals surface area contributed by atoms with Crippen LogP contribution in [0.15, 0.2) is 30.3 Å². The van der Waals surface area contributed by atoms with Gasteiger partial charge in [-0.1, -0.05) is 30.3 Å². The predicted molar refractivity (Wildman–Crippen MR) is 79.8 cm³/mol. The third-order valence-electron chi connectivity index (χ3n) is 3.24. The van der Waals surface area contributed by atoms with Crippen molar-refractivity contribution < 1.29 is 19.0 Å². The van der Waals surface area contributed by atoms with Gasteiger partial charge in [0.1, 0.15) is 12.2 Å². The fourth-order valence-corrected chi connectivity index (χ4v) is 2.13. The molecule has 1 fully saturated rings. The molecule has 0 aliphatic heterocycles. The molecular weight excluding hydrogens is 268 g/mol. The Hall–Kier alpha value is -1.39. The average molecular weight is 292 g/mol. The van der Waals surface area contributed by atoms with E-state index in [9.17, 15) is 4.79 Å². The van der Waals surface area contributed by atoms with Crippen LogP contribution in [0.1, 0.15) is 39.2 Å². The Morgan fingerprint density at radius 1 is 1.10 bits per heavy atom. The summed E-state index contributed by atoms with van der Waals surface area (Å²) < 4.78 is 16.5. The first kappa shape index (κ1) is 16.0. The standard InChI is InChI=1S/C17H24O4/c1-17(2,3)21-16(18)12-20-15-9-14(10-15)19-11-13-7-5-4-6-8-13/h4-8,14-15H,9-12H2,1-3H3. The molecule has 21 heavy (non-hydrogen) atoms. The molecule has 0 radical (unpaired) electrons. The fourth-order valence-electron chi connectivity index (χ4n) is 2.13. The SMILES string of the molecule is CC(C)(C)OC(=O)COC1CC(OCc2ccccc2)C1. The van der Waals surface area contributed by atoms with Crippen LogP contribution in [0.2, 0.25) is 0 Å². The van der Waals surface area contributed by atoms with Gasteiger partial charge in [0, 0.05) is 0 Å². The van der Waals surface area contributed by atoms with Gasteiger partial charge in [0.05, 0.1) is 18.8 Å². The topological polar surface area (TPSA) is 44.8 Å². The molecule has 0 amide bonds. The molecule has 1 aliphatic rings. The van der Waals surface area contributed by atoms with Crippen molar-refractivity contribution in [2.24, 2.45) is 0 Å². The van der Waals surface area contributed by atoms with Crippen LogP contribution in [0, 0.1) is 0 Å². The van der Waals surface area contributed by atoms with E-state index in [1.165, 1.54) is 5.56 Å². The van der Waals surface area contributed by atoms with E-state index >= 15 is 0 Å². The van der Waals surface area contributed by atoms with Gasteiger partial charge < -0.3 is 14.2 Å². The van der Waals surface area contributed by atoms with Gasteiger partial charge in [0.2, 0.25) is 0 Å². The summed E-state index contributed by atoms with van der Waals surface area (Å²) >= 11 is 0. The van der Waals surface area contributed by atoms with Gasteiger partial charge in [0.25, 0.3) is 0 Å². The summed E-state index contributed by atoms with van der Waals surface area (Å²) in [6, 6.07) is 10.1. The highest BCUT2D eigenvalue weighted by molar-refractivity contribution is 5.71. The predicted octanol–water partition coefficient (Wildman–Crippen LogP) is 3.09. The van der Waals surface area contributed by atoms with Crippen LogP contribution in [0.5, 0.6) is 0 Å². The molecule has 4 nitrogen and oxygen atoms in total. The molecule has 0 aromatic heterocycles. The molecule has 116 valence electrons. The maximum atomic E-state index is 11.5. The van der Waals surface area contributed by atoms with Crippen molar-refractivity contribution in [1.29, 1.82) is 0 Å². The molecule has 2 rings (SSSR count). The van der Waals surface area contributed by atoms with Crippen LogP contribution in [-0.2, 0) is 25.6 Å². The number of carbonyl (C=O) groups is 1. The summed E-state index contributed by atoms with van der Waals surface area (Å²) in [6.07, 6.45) is 2.03. The summed E-state index contributed by atoms with van der Waals surface area (Å²) in [6.45, 7) is 6.20. The summed E-state index contributed by atoms with van der Waals surface area (Å²) in [5.41, 5.74) is 0.720. The number of ether oxygens (including phenoxy) is 3. The normalized spacial score (nSPS) is 21.7. The van der Waals surface area contributed by atoms with Gasteiger partial charge in [-0.3, -0.25) is 0 Å². The van der Waals surface area contributed by atoms with E-state index < -0.39 is 5.60 Å². The third kappa shape index (κ3) is 5.86. The minimum Gasteiger partial charge on any atom is -0.458 e. The van der Waals surface area contributed by atoms with Gasteiger partial charge >= 0.3 is 5.97 Å². The van der Waals surface area contributed by atoms with Crippen LogP contribution in [0.4, 0.5) is 0 Å². The van der Waals surface area contributed by atoms with Crippen molar-refractivity contribution in [1.82, 2.24) is 0 Å². The lowest BCUT2D eigenvalue weighted by Crippen LogP contribution is -2.39. The Kier molecular flexibility index (Phi) is 5.37. The molecule has 0 bridgehead atoms. The van der Waals surface area contributed by atoms with E-state index in [1.54, 1.807) is 0 Å². The molecule has 1 aliphatic carbocycles. The zero-order valence-electron chi connectivity index (χ0n) is 13.0. The lowest BCUT2D eigenvalue weighted by Gasteiger charge is -2.34. The Balaban J connectivity index is 1.56. The number of rotatable bonds is 6. The quantitative estimate of drug-likeness (QED) is 0.756. The first-order valence-electron chi connectivity index (χ1n) is 7.41. The second kappa shape index (κ2) is 7.05. The molecule has 4 heteroatoms. The zero-order valence-corrected chi connectivity index (χ0v) is 13.0. The molecule has 0 atom stereocenters. The molecule has 0 unspecified atom stereocenters. The molecule has 0 heterocycles. The number of hydrogen-bond acceptors (Lipinski definition) is 4. The van der Waals surface area contributed by atoms with E-state index in [-0.39, 0.29) is 24.8 Å². The third-order valence-corrected chi connectivity index (χ3v) is 3.24. The van der Waals surface area contributed by atoms with Crippen molar-refractivity contribution in [3.63, 3.8) is 0 Å². The monoisotopic (exact) mass is 292 g/mol. The van der Waals surface area contributed by atoms with Gasteiger partial charge in [-0.15, -0.1) is 0 Å². The van der Waals surface area contributed by atoms with Crippen molar-refractivity contribution in [3.05, 3.63) is 35.9 Å². The van der Waals surface area contributed by atoms with Gasteiger partial charge in [-0.25, -0.2) is 4.79 Å². The average Bonchev–Trinajstić information content (AvgIpc) is 2.35. The Morgan fingerprint density at radius 2 is 1.71 bits per heavy atom. The molecule has 1 aromatic carbocycles. The highest BCUT2D eigenvalue weighted by Crippen LogP contribution is 2.27. The van der Waals surface area contributed by atoms with E-state index in [2.05, 4.69) is 12.1 Å². The van der Waals surface area contributed by atoms with Crippen LogP contribution in [0.25, 0.3) is 0 Å². The van der Waals surface area contributed by atoms with E-state index in [0.717, 1.165) is 12.8 Å². The lowest BCUT2D eigenvalue weighted by atomic mass is 9.92. The van der Waals surface area contributed by atoms with Crippen LogP contribution >= 0.6 is 0 Å². The fraction of sp³-hybridized carbons (Fsp3) is 0.588. The van der Waals surface area contributed by atoms with E-state index in [1.807, 2.05) is 39.0 Å². The van der Waals surface area contributed by atoms with Crippen molar-refractivity contribution in [2.75, 3.05) is 6.61 Å². The van der Waals surface area contributed by atoms with Crippen LogP contribution in [-0.4, -0.2) is 30.4 Å². The van der Waals surface area contributed by atoms with Crippen LogP contribution in [0.3, 0.4) is 0 Å². The van der Waals surface area contributed by atoms with Crippen molar-refractivity contribution >= 4 is 5.97 Å². The summed E-state index contributed by atoms with van der Waals surface area (Å²) in [5.74, 6) is -0.309. The first-order chi connectivity index (χ1) is 9.92. The van der Waals surface area contributed by atoms with Crippen molar-refractivity contribution in [3.8, 4) is 0 Å². The van der Waals surface area contributed by atoms with E-state index in [0.29, 0.717) is 6.61 Å². The molecule has 0 saturated heterocycles. The zero-order chi connectivity index (χ0) is 15.3. The smallest absolute Gasteiger partial charge is 0.332 e. The van der Waals surface area contributed by atoms with Crippen LogP contribution < -0.4 is 0 Å². The second-order valence-corrected chi connectivity index (χ2v) is 6.41. The first-order valence-corrected chi connectivity index (χ1v) is 7.41. The lowest BCUT2D eigenvalue weighted by molar-refractivity contribution is -0.169. The number of benzene rings is 1. The van der Waals surface area contributed by atoms with Gasteiger partial charge in [-0.2, -0.15) is 0 Å². The minimum absolute atomic E-state index is 0.0212. The Labute approximate surface area is 126 Å². The maximum absolute atomic E-state index is 11.5. The van der Waals surface area contributed by atoms with Gasteiger partial charge in [0.15, 0.2) is 0 Å². The number of carbonyl (C=O) groups excluding carboxylic acids is 1. The molecule has 0 N–H and O–H groups in total. The molecular formula is C17H24O4. The maximum Gasteiger partial charge on any atom is 0.332 e. The minimum atomic E-state index is -0.457. The molecule has 1 saturated carbocycles.